The van der Waals surface area contributed by atoms with Crippen molar-refractivity contribution in [2.45, 2.75) is 0 Å². The molecule has 0 spiro atoms. The molecule has 4 aromatic heterocycles. The van der Waals surface area contributed by atoms with Crippen molar-refractivity contribution in [1.29, 1.82) is 0 Å². The van der Waals surface area contributed by atoms with Crippen LogP contribution < -0.4 is 4.90 Å². The molecule has 0 radical (unpaired) electrons. The molecule has 0 atom stereocenters. The minimum absolute atomic E-state index is 0.913. The predicted molar refractivity (Wildman–Crippen MR) is 243 cm³/mol. The third-order valence-corrected chi connectivity index (χ3v) is 11.2. The SMILES string of the molecule is c1ccc(-c2ccc(N(c3ccc(-c4c(-c5ccccc5)nc5ccccn45)cc3)c3ccc(-c4c(-c5ccc6ccccc6c5)nc5ccccn45)cc3)cc2)cc1. The second-order valence-electron chi connectivity index (χ2n) is 14.7. The first-order chi connectivity index (χ1) is 29.2. The van der Waals surface area contributed by atoms with Crippen LogP contribution in [-0.4, -0.2) is 18.8 Å². The number of aromatic nitrogens is 4. The summed E-state index contributed by atoms with van der Waals surface area (Å²) in [7, 11) is 0. The summed E-state index contributed by atoms with van der Waals surface area (Å²) >= 11 is 0. The summed E-state index contributed by atoms with van der Waals surface area (Å²) in [5.74, 6) is 0. The number of pyridine rings is 2. The molecule has 59 heavy (non-hydrogen) atoms. The minimum Gasteiger partial charge on any atom is -0.311 e. The topological polar surface area (TPSA) is 37.8 Å². The fraction of sp³-hybridized carbons (Fsp3) is 0. The number of benzene rings is 7. The maximum absolute atomic E-state index is 5.17. The highest BCUT2D eigenvalue weighted by Gasteiger charge is 2.20. The van der Waals surface area contributed by atoms with Gasteiger partial charge in [-0.2, -0.15) is 0 Å². The average Bonchev–Trinajstić information content (AvgIpc) is 3.90. The molecule has 5 heteroatoms. The van der Waals surface area contributed by atoms with Crippen LogP contribution in [0.1, 0.15) is 0 Å². The highest BCUT2D eigenvalue weighted by molar-refractivity contribution is 5.91. The average molecular weight is 756 g/mol. The van der Waals surface area contributed by atoms with Crippen molar-refractivity contribution in [3.05, 3.63) is 225 Å². The van der Waals surface area contributed by atoms with Crippen LogP contribution in [0.5, 0.6) is 0 Å². The quantitative estimate of drug-likeness (QED) is 0.155. The Kier molecular flexibility index (Phi) is 8.41. The molecular formula is C54H37N5. The van der Waals surface area contributed by atoms with Gasteiger partial charge in [0.1, 0.15) is 11.3 Å². The van der Waals surface area contributed by atoms with Gasteiger partial charge in [0.15, 0.2) is 0 Å². The van der Waals surface area contributed by atoms with E-state index in [9.17, 15) is 0 Å². The van der Waals surface area contributed by atoms with E-state index in [4.69, 9.17) is 9.97 Å². The Balaban J connectivity index is 1.02. The zero-order valence-electron chi connectivity index (χ0n) is 32.1. The van der Waals surface area contributed by atoms with E-state index in [0.29, 0.717) is 0 Å². The molecular weight excluding hydrogens is 719 g/mol. The molecule has 11 rings (SSSR count). The Morgan fingerprint density at radius 1 is 0.305 bits per heavy atom. The number of fused-ring (bicyclic) bond motifs is 3. The molecule has 0 amide bonds. The van der Waals surface area contributed by atoms with Crippen LogP contribution in [0.2, 0.25) is 0 Å². The second kappa shape index (κ2) is 14.5. The number of rotatable bonds is 8. The van der Waals surface area contributed by atoms with Gasteiger partial charge in [-0.3, -0.25) is 8.80 Å². The largest absolute Gasteiger partial charge is 0.311 e. The first-order valence-corrected chi connectivity index (χ1v) is 19.9. The van der Waals surface area contributed by atoms with Crippen molar-refractivity contribution < 1.29 is 0 Å². The van der Waals surface area contributed by atoms with Crippen molar-refractivity contribution in [2.24, 2.45) is 0 Å². The lowest BCUT2D eigenvalue weighted by Crippen LogP contribution is -2.10. The monoisotopic (exact) mass is 755 g/mol. The maximum atomic E-state index is 5.17. The molecule has 278 valence electrons. The van der Waals surface area contributed by atoms with Gasteiger partial charge in [0.05, 0.1) is 22.8 Å². The zero-order valence-corrected chi connectivity index (χ0v) is 32.1. The van der Waals surface area contributed by atoms with E-state index in [0.717, 1.165) is 73.4 Å². The van der Waals surface area contributed by atoms with E-state index < -0.39 is 0 Å². The number of imidazole rings is 2. The Morgan fingerprint density at radius 2 is 0.712 bits per heavy atom. The van der Waals surface area contributed by atoms with Gasteiger partial charge in [-0.1, -0.05) is 146 Å². The zero-order chi connectivity index (χ0) is 39.1. The molecule has 0 fully saturated rings. The molecule has 0 N–H and O–H groups in total. The van der Waals surface area contributed by atoms with Crippen LogP contribution in [0.3, 0.4) is 0 Å². The van der Waals surface area contributed by atoms with Crippen LogP contribution in [0.15, 0.2) is 225 Å². The van der Waals surface area contributed by atoms with Gasteiger partial charge >= 0.3 is 0 Å². The summed E-state index contributed by atoms with van der Waals surface area (Å²) in [6.45, 7) is 0. The van der Waals surface area contributed by atoms with Gasteiger partial charge in [-0.25, -0.2) is 9.97 Å². The second-order valence-corrected chi connectivity index (χ2v) is 14.7. The van der Waals surface area contributed by atoms with Crippen LogP contribution in [0.4, 0.5) is 17.1 Å². The molecule has 0 bridgehead atoms. The third kappa shape index (κ3) is 6.22. The summed E-state index contributed by atoms with van der Waals surface area (Å²) in [5.41, 5.74) is 15.8. The van der Waals surface area contributed by atoms with Crippen LogP contribution >= 0.6 is 0 Å². The number of anilines is 3. The number of hydrogen-bond acceptors (Lipinski definition) is 3. The molecule has 4 heterocycles. The Labute approximate surface area is 342 Å². The Hall–Kier alpha value is -8.02. The Morgan fingerprint density at radius 3 is 1.25 bits per heavy atom. The molecule has 0 aliphatic heterocycles. The lowest BCUT2D eigenvalue weighted by molar-refractivity contribution is 1.19. The van der Waals surface area contributed by atoms with Crippen molar-refractivity contribution >= 4 is 39.1 Å². The normalized spacial score (nSPS) is 11.4. The maximum Gasteiger partial charge on any atom is 0.137 e. The Bertz CT molecular complexity index is 3240. The van der Waals surface area contributed by atoms with Crippen molar-refractivity contribution in [1.82, 2.24) is 18.8 Å². The van der Waals surface area contributed by atoms with Crippen molar-refractivity contribution in [3.63, 3.8) is 0 Å². The van der Waals surface area contributed by atoms with Crippen molar-refractivity contribution in [3.8, 4) is 56.2 Å². The van der Waals surface area contributed by atoms with E-state index in [1.807, 2.05) is 18.2 Å². The highest BCUT2D eigenvalue weighted by Crippen LogP contribution is 2.41. The fourth-order valence-corrected chi connectivity index (χ4v) is 8.30. The minimum atomic E-state index is 0.913. The standard InChI is InChI=1S/C54H37N5/c1-3-13-38(14-4-1)40-23-29-46(30-24-40)59(47-31-25-42(26-32-47)53-51(41-16-5-2-6-17-41)55-49-19-9-11-35-57(49)53)48-33-27-43(28-34-48)54-52(56-50-20-10-12-36-58(50)54)45-22-21-39-15-7-8-18-44(39)37-45/h1-37H. The van der Waals surface area contributed by atoms with Crippen LogP contribution in [0.25, 0.3) is 78.2 Å². The van der Waals surface area contributed by atoms with Crippen LogP contribution in [-0.2, 0) is 0 Å². The van der Waals surface area contributed by atoms with E-state index in [-0.39, 0.29) is 0 Å². The van der Waals surface area contributed by atoms with Gasteiger partial charge < -0.3 is 4.90 Å². The smallest absolute Gasteiger partial charge is 0.137 e. The summed E-state index contributed by atoms with van der Waals surface area (Å²) in [6, 6.07) is 75.0. The van der Waals surface area contributed by atoms with Gasteiger partial charge in [-0.15, -0.1) is 0 Å². The molecule has 0 aliphatic carbocycles. The number of nitrogens with zero attached hydrogens (tertiary/aromatic N) is 5. The van der Waals surface area contributed by atoms with Crippen LogP contribution in [0, 0.1) is 0 Å². The summed E-state index contributed by atoms with van der Waals surface area (Å²) in [6.07, 6.45) is 4.19. The molecule has 0 aliphatic rings. The summed E-state index contributed by atoms with van der Waals surface area (Å²) < 4.78 is 4.38. The van der Waals surface area contributed by atoms with E-state index >= 15 is 0 Å². The number of hydrogen-bond donors (Lipinski definition) is 0. The molecule has 7 aromatic carbocycles. The van der Waals surface area contributed by atoms with E-state index in [1.54, 1.807) is 0 Å². The molecule has 0 saturated heterocycles. The molecule has 0 saturated carbocycles. The van der Waals surface area contributed by atoms with E-state index in [2.05, 4.69) is 220 Å². The predicted octanol–water partition coefficient (Wildman–Crippen LogP) is 13.9. The van der Waals surface area contributed by atoms with Crippen molar-refractivity contribution in [2.75, 3.05) is 4.90 Å². The fourth-order valence-electron chi connectivity index (χ4n) is 8.30. The lowest BCUT2D eigenvalue weighted by atomic mass is 10.0. The third-order valence-electron chi connectivity index (χ3n) is 11.2. The van der Waals surface area contributed by atoms with E-state index in [1.165, 1.54) is 21.9 Å². The lowest BCUT2D eigenvalue weighted by Gasteiger charge is -2.26. The molecule has 11 aromatic rings. The first kappa shape index (κ1) is 34.2. The summed E-state index contributed by atoms with van der Waals surface area (Å²) in [5, 5.41) is 2.41. The molecule has 5 nitrogen and oxygen atoms in total. The van der Waals surface area contributed by atoms with Gasteiger partial charge in [0, 0.05) is 51.7 Å². The highest BCUT2D eigenvalue weighted by atomic mass is 15.1. The van der Waals surface area contributed by atoms with Gasteiger partial charge in [0.25, 0.3) is 0 Å². The first-order valence-electron chi connectivity index (χ1n) is 19.9. The van der Waals surface area contributed by atoms with Gasteiger partial charge in [-0.05, 0) is 88.6 Å². The summed E-state index contributed by atoms with van der Waals surface area (Å²) in [4.78, 5) is 12.6. The van der Waals surface area contributed by atoms with Gasteiger partial charge in [0.2, 0.25) is 0 Å². The molecule has 0 unspecified atom stereocenters.